The van der Waals surface area contributed by atoms with E-state index in [1.54, 1.807) is 13.2 Å². The summed E-state index contributed by atoms with van der Waals surface area (Å²) in [6.45, 7) is 1.95. The molecule has 0 amide bonds. The molecular weight excluding hydrogens is 321 g/mol. The predicted molar refractivity (Wildman–Crippen MR) is 82.3 cm³/mol. The Morgan fingerprint density at radius 1 is 1.25 bits per heavy atom. The molecule has 0 saturated heterocycles. The molecule has 2 aromatic rings. The molecule has 0 aliphatic carbocycles. The van der Waals surface area contributed by atoms with Gasteiger partial charge < -0.3 is 10.5 Å². The lowest BCUT2D eigenvalue weighted by Crippen LogP contribution is -2.36. The van der Waals surface area contributed by atoms with Crippen molar-refractivity contribution in [2.45, 2.75) is 18.9 Å². The molecule has 2 N–H and O–H groups in total. The van der Waals surface area contributed by atoms with Gasteiger partial charge in [-0.25, -0.2) is 4.39 Å². The minimum absolute atomic E-state index is 0.267. The highest BCUT2D eigenvalue weighted by Crippen LogP contribution is 2.32. The number of methoxy groups -OCH3 is 1. The zero-order chi connectivity index (χ0) is 14.8. The molecule has 0 bridgehead atoms. The zero-order valence-corrected chi connectivity index (χ0v) is 13.1. The fourth-order valence-electron chi connectivity index (χ4n) is 2.27. The van der Waals surface area contributed by atoms with E-state index in [4.69, 9.17) is 10.5 Å². The SMILES string of the molecule is COc1ccccc1C(C)(N)Cc1ccc(F)cc1Br. The van der Waals surface area contributed by atoms with E-state index in [0.717, 1.165) is 21.3 Å². The number of nitrogens with two attached hydrogens (primary N) is 1. The minimum atomic E-state index is -0.604. The van der Waals surface area contributed by atoms with Crippen LogP contribution in [0, 0.1) is 5.82 Å². The van der Waals surface area contributed by atoms with Crippen LogP contribution in [-0.2, 0) is 12.0 Å². The fraction of sp³-hybridized carbons (Fsp3) is 0.250. The van der Waals surface area contributed by atoms with Crippen molar-refractivity contribution in [2.75, 3.05) is 7.11 Å². The van der Waals surface area contributed by atoms with E-state index in [0.29, 0.717) is 6.42 Å². The third-order valence-corrected chi connectivity index (χ3v) is 4.03. The topological polar surface area (TPSA) is 35.2 Å². The Balaban J connectivity index is 2.35. The predicted octanol–water partition coefficient (Wildman–Crippen LogP) is 4.01. The van der Waals surface area contributed by atoms with Crippen molar-refractivity contribution < 1.29 is 9.13 Å². The van der Waals surface area contributed by atoms with Crippen molar-refractivity contribution >= 4 is 15.9 Å². The third kappa shape index (κ3) is 3.19. The van der Waals surface area contributed by atoms with Gasteiger partial charge in [0.1, 0.15) is 11.6 Å². The van der Waals surface area contributed by atoms with Gasteiger partial charge in [0.25, 0.3) is 0 Å². The van der Waals surface area contributed by atoms with Crippen molar-refractivity contribution in [3.63, 3.8) is 0 Å². The Morgan fingerprint density at radius 3 is 2.60 bits per heavy atom. The second kappa shape index (κ2) is 5.94. The first-order valence-corrected chi connectivity index (χ1v) is 7.09. The quantitative estimate of drug-likeness (QED) is 0.914. The molecule has 106 valence electrons. The highest BCUT2D eigenvalue weighted by Gasteiger charge is 2.26. The molecule has 0 saturated carbocycles. The van der Waals surface area contributed by atoms with Crippen LogP contribution in [0.1, 0.15) is 18.1 Å². The van der Waals surface area contributed by atoms with E-state index in [1.165, 1.54) is 12.1 Å². The lowest BCUT2D eigenvalue weighted by atomic mass is 9.86. The summed E-state index contributed by atoms with van der Waals surface area (Å²) < 4.78 is 19.2. The highest BCUT2D eigenvalue weighted by atomic mass is 79.9. The summed E-state index contributed by atoms with van der Waals surface area (Å²) in [4.78, 5) is 0. The monoisotopic (exact) mass is 337 g/mol. The van der Waals surface area contributed by atoms with Crippen molar-refractivity contribution in [1.82, 2.24) is 0 Å². The van der Waals surface area contributed by atoms with Gasteiger partial charge in [-0.3, -0.25) is 0 Å². The van der Waals surface area contributed by atoms with E-state index < -0.39 is 5.54 Å². The van der Waals surface area contributed by atoms with Gasteiger partial charge in [0.2, 0.25) is 0 Å². The maximum absolute atomic E-state index is 13.1. The van der Waals surface area contributed by atoms with Crippen molar-refractivity contribution in [3.05, 3.63) is 63.9 Å². The van der Waals surface area contributed by atoms with Crippen LogP contribution >= 0.6 is 15.9 Å². The van der Waals surface area contributed by atoms with Crippen LogP contribution in [0.15, 0.2) is 46.9 Å². The molecule has 20 heavy (non-hydrogen) atoms. The third-order valence-electron chi connectivity index (χ3n) is 3.30. The Morgan fingerprint density at radius 2 is 1.95 bits per heavy atom. The Hall–Kier alpha value is -1.39. The number of rotatable bonds is 4. The van der Waals surface area contributed by atoms with Gasteiger partial charge in [0, 0.05) is 15.6 Å². The van der Waals surface area contributed by atoms with Gasteiger partial charge >= 0.3 is 0 Å². The van der Waals surface area contributed by atoms with Gasteiger partial charge in [0.15, 0.2) is 0 Å². The second-order valence-corrected chi connectivity index (χ2v) is 5.88. The molecular formula is C16H17BrFNO. The van der Waals surface area contributed by atoms with Crippen LogP contribution in [0.25, 0.3) is 0 Å². The summed E-state index contributed by atoms with van der Waals surface area (Å²) in [5, 5.41) is 0. The van der Waals surface area contributed by atoms with E-state index in [-0.39, 0.29) is 5.82 Å². The molecule has 0 heterocycles. The Labute approximate surface area is 126 Å². The normalized spacial score (nSPS) is 13.8. The number of para-hydroxylation sites is 1. The Kier molecular flexibility index (Phi) is 4.45. The number of benzene rings is 2. The molecule has 0 radical (unpaired) electrons. The lowest BCUT2D eigenvalue weighted by Gasteiger charge is -2.27. The molecule has 0 aliphatic rings. The molecule has 0 aromatic heterocycles. The van der Waals surface area contributed by atoms with Crippen LogP contribution in [-0.4, -0.2) is 7.11 Å². The smallest absolute Gasteiger partial charge is 0.124 e. The number of ether oxygens (including phenoxy) is 1. The van der Waals surface area contributed by atoms with Gasteiger partial charge in [-0.15, -0.1) is 0 Å². The van der Waals surface area contributed by atoms with E-state index in [1.807, 2.05) is 31.2 Å². The van der Waals surface area contributed by atoms with Crippen molar-refractivity contribution in [1.29, 1.82) is 0 Å². The van der Waals surface area contributed by atoms with Crippen LogP contribution in [0.4, 0.5) is 4.39 Å². The van der Waals surface area contributed by atoms with Crippen LogP contribution in [0.2, 0.25) is 0 Å². The first-order valence-electron chi connectivity index (χ1n) is 6.30. The first kappa shape index (κ1) is 15.0. The average Bonchev–Trinajstić information content (AvgIpc) is 2.42. The van der Waals surface area contributed by atoms with Gasteiger partial charge in [-0.1, -0.05) is 40.2 Å². The van der Waals surface area contributed by atoms with E-state index in [2.05, 4.69) is 15.9 Å². The van der Waals surface area contributed by atoms with Crippen molar-refractivity contribution in [3.8, 4) is 5.75 Å². The molecule has 0 spiro atoms. The molecule has 4 heteroatoms. The van der Waals surface area contributed by atoms with Gasteiger partial charge in [0.05, 0.1) is 7.11 Å². The summed E-state index contributed by atoms with van der Waals surface area (Å²) in [7, 11) is 1.63. The van der Waals surface area contributed by atoms with Gasteiger partial charge in [-0.05, 0) is 37.1 Å². The minimum Gasteiger partial charge on any atom is -0.496 e. The number of hydrogen-bond donors (Lipinski definition) is 1. The maximum atomic E-state index is 13.1. The molecule has 1 atom stereocenters. The van der Waals surface area contributed by atoms with E-state index in [9.17, 15) is 4.39 Å². The largest absolute Gasteiger partial charge is 0.496 e. The number of halogens is 2. The first-order chi connectivity index (χ1) is 9.44. The van der Waals surface area contributed by atoms with Crippen LogP contribution < -0.4 is 10.5 Å². The molecule has 0 fully saturated rings. The molecule has 2 rings (SSSR count). The summed E-state index contributed by atoms with van der Waals surface area (Å²) in [6, 6.07) is 12.3. The number of hydrogen-bond acceptors (Lipinski definition) is 2. The highest BCUT2D eigenvalue weighted by molar-refractivity contribution is 9.10. The van der Waals surface area contributed by atoms with Crippen LogP contribution in [0.5, 0.6) is 5.75 Å². The molecule has 2 nitrogen and oxygen atoms in total. The second-order valence-electron chi connectivity index (χ2n) is 5.03. The fourth-order valence-corrected chi connectivity index (χ4v) is 2.76. The summed E-state index contributed by atoms with van der Waals surface area (Å²) in [5.41, 5.74) is 7.74. The van der Waals surface area contributed by atoms with E-state index >= 15 is 0 Å². The summed E-state index contributed by atoms with van der Waals surface area (Å²) in [6.07, 6.45) is 0.578. The Bertz CT molecular complexity index is 613. The zero-order valence-electron chi connectivity index (χ0n) is 11.5. The summed E-state index contributed by atoms with van der Waals surface area (Å²) in [5.74, 6) is 0.493. The van der Waals surface area contributed by atoms with Gasteiger partial charge in [-0.2, -0.15) is 0 Å². The molecule has 2 aromatic carbocycles. The summed E-state index contributed by atoms with van der Waals surface area (Å²) >= 11 is 3.38. The lowest BCUT2D eigenvalue weighted by molar-refractivity contribution is 0.386. The molecule has 1 unspecified atom stereocenters. The maximum Gasteiger partial charge on any atom is 0.124 e. The average molecular weight is 338 g/mol. The van der Waals surface area contributed by atoms with Crippen molar-refractivity contribution in [2.24, 2.45) is 5.73 Å². The molecule has 0 aliphatic heterocycles. The standard InChI is InChI=1S/C16H17BrFNO/c1-16(19,13-5-3-4-6-15(13)20-2)10-11-7-8-12(18)9-14(11)17/h3-9H,10,19H2,1-2H3. The van der Waals surface area contributed by atoms with Crippen LogP contribution in [0.3, 0.4) is 0 Å².